The van der Waals surface area contributed by atoms with Crippen LogP contribution in [-0.4, -0.2) is 26.4 Å². The fraction of sp³-hybridized carbons (Fsp3) is 0.300. The van der Waals surface area contributed by atoms with E-state index in [4.69, 9.17) is 4.74 Å². The summed E-state index contributed by atoms with van der Waals surface area (Å²) in [6, 6.07) is 15.0. The molecule has 4 nitrogen and oxygen atoms in total. The van der Waals surface area contributed by atoms with Crippen LogP contribution in [0, 0.1) is 12.8 Å². The van der Waals surface area contributed by atoms with E-state index in [2.05, 4.69) is 6.07 Å². The van der Waals surface area contributed by atoms with Crippen molar-refractivity contribution in [1.82, 2.24) is 4.31 Å². The maximum absolute atomic E-state index is 12.9. The zero-order chi connectivity index (χ0) is 17.7. The Morgan fingerprint density at radius 3 is 2.52 bits per heavy atom. The zero-order valence-corrected chi connectivity index (χ0v) is 15.2. The maximum atomic E-state index is 12.9. The minimum absolute atomic E-state index is 0.0914. The number of allylic oxidation sites excluding steroid dienone is 1. The average molecular weight is 355 g/mol. The Balaban J connectivity index is 1.65. The summed E-state index contributed by atoms with van der Waals surface area (Å²) in [5.41, 5.74) is 2.10. The highest BCUT2D eigenvalue weighted by Gasteiger charge is 2.57. The second-order valence-corrected chi connectivity index (χ2v) is 8.74. The first-order chi connectivity index (χ1) is 12.0. The standard InChI is InChI=1S/C20H21NO3S/c1-15-7-9-17(10-8-15)25(22,23)21-12-11-20(13-16(20)14-21)18-5-3-4-6-19(18)24-2/h3-12,16H,13-14H2,1-2H3/t16-,20+/m0/s1. The lowest BCUT2D eigenvalue weighted by atomic mass is 9.91. The van der Waals surface area contributed by atoms with Crippen LogP contribution in [0.1, 0.15) is 17.5 Å². The lowest BCUT2D eigenvalue weighted by Gasteiger charge is -2.28. The van der Waals surface area contributed by atoms with E-state index < -0.39 is 10.0 Å². The van der Waals surface area contributed by atoms with Gasteiger partial charge in [0, 0.05) is 23.7 Å². The molecule has 4 rings (SSSR count). The van der Waals surface area contributed by atoms with E-state index in [-0.39, 0.29) is 11.3 Å². The van der Waals surface area contributed by atoms with Gasteiger partial charge in [0.2, 0.25) is 0 Å². The third-order valence-electron chi connectivity index (χ3n) is 5.33. The highest BCUT2D eigenvalue weighted by atomic mass is 32.2. The van der Waals surface area contributed by atoms with Crippen molar-refractivity contribution < 1.29 is 13.2 Å². The van der Waals surface area contributed by atoms with Gasteiger partial charge in [0.05, 0.1) is 12.0 Å². The lowest BCUT2D eigenvalue weighted by Crippen LogP contribution is -2.33. The van der Waals surface area contributed by atoms with Crippen LogP contribution in [0.25, 0.3) is 0 Å². The summed E-state index contributed by atoms with van der Waals surface area (Å²) in [5.74, 6) is 1.15. The Morgan fingerprint density at radius 2 is 1.84 bits per heavy atom. The second-order valence-electron chi connectivity index (χ2n) is 6.85. The van der Waals surface area contributed by atoms with Crippen LogP contribution >= 0.6 is 0 Å². The number of aryl methyl sites for hydroxylation is 1. The Bertz CT molecular complexity index is 934. The van der Waals surface area contributed by atoms with E-state index in [1.807, 2.05) is 43.3 Å². The van der Waals surface area contributed by atoms with Gasteiger partial charge in [0.25, 0.3) is 10.0 Å². The van der Waals surface area contributed by atoms with Crippen LogP contribution in [0.15, 0.2) is 65.7 Å². The van der Waals surface area contributed by atoms with Crippen LogP contribution in [0.5, 0.6) is 5.75 Å². The number of hydrogen-bond acceptors (Lipinski definition) is 3. The number of ether oxygens (including phenoxy) is 1. The third-order valence-corrected chi connectivity index (χ3v) is 7.08. The first kappa shape index (κ1) is 16.2. The molecule has 2 aliphatic rings. The first-order valence-electron chi connectivity index (χ1n) is 8.39. The molecule has 1 aliphatic carbocycles. The zero-order valence-electron chi connectivity index (χ0n) is 14.3. The average Bonchev–Trinajstić information content (AvgIpc) is 3.37. The summed E-state index contributed by atoms with van der Waals surface area (Å²) in [7, 11) is -1.82. The molecule has 0 N–H and O–H groups in total. The predicted octanol–water partition coefficient (Wildman–Crippen LogP) is 3.48. The van der Waals surface area contributed by atoms with Gasteiger partial charge in [-0.25, -0.2) is 8.42 Å². The van der Waals surface area contributed by atoms with Crippen LogP contribution in [0.2, 0.25) is 0 Å². The van der Waals surface area contributed by atoms with E-state index in [1.165, 1.54) is 4.31 Å². The number of benzene rings is 2. The molecule has 2 aromatic rings. The van der Waals surface area contributed by atoms with Crippen molar-refractivity contribution in [3.05, 3.63) is 71.9 Å². The molecule has 2 aromatic carbocycles. The van der Waals surface area contributed by atoms with Gasteiger partial charge >= 0.3 is 0 Å². The monoisotopic (exact) mass is 355 g/mol. The molecule has 1 saturated carbocycles. The Kier molecular flexibility index (Phi) is 3.65. The minimum atomic E-state index is -3.49. The van der Waals surface area contributed by atoms with Crippen molar-refractivity contribution in [1.29, 1.82) is 0 Å². The highest BCUT2D eigenvalue weighted by Crippen LogP contribution is 2.59. The SMILES string of the molecule is COc1ccccc1[C@@]12C=CN(S(=O)(=O)c3ccc(C)cc3)C[C@@H]1C2. The summed E-state index contributed by atoms with van der Waals surface area (Å²) in [6.45, 7) is 2.45. The Labute approximate surface area is 148 Å². The molecule has 5 heteroatoms. The van der Waals surface area contributed by atoms with Crippen LogP contribution < -0.4 is 4.74 Å². The normalized spacial score (nSPS) is 24.7. The predicted molar refractivity (Wildman–Crippen MR) is 97.0 cm³/mol. The number of sulfonamides is 1. The highest BCUT2D eigenvalue weighted by molar-refractivity contribution is 7.89. The van der Waals surface area contributed by atoms with Gasteiger partial charge in [0.1, 0.15) is 5.75 Å². The summed E-state index contributed by atoms with van der Waals surface area (Å²) in [4.78, 5) is 0.341. The maximum Gasteiger partial charge on any atom is 0.263 e. The molecule has 0 aromatic heterocycles. The number of rotatable bonds is 4. The van der Waals surface area contributed by atoms with Crippen molar-refractivity contribution in [2.75, 3.05) is 13.7 Å². The van der Waals surface area contributed by atoms with Gasteiger partial charge in [-0.1, -0.05) is 42.0 Å². The van der Waals surface area contributed by atoms with Crippen molar-refractivity contribution in [3.8, 4) is 5.75 Å². The molecule has 0 amide bonds. The molecular weight excluding hydrogens is 334 g/mol. The molecule has 130 valence electrons. The molecular formula is C20H21NO3S. The van der Waals surface area contributed by atoms with E-state index in [9.17, 15) is 8.42 Å². The van der Waals surface area contributed by atoms with Crippen molar-refractivity contribution in [2.45, 2.75) is 23.7 Å². The van der Waals surface area contributed by atoms with Gasteiger partial charge in [-0.2, -0.15) is 0 Å². The van der Waals surface area contributed by atoms with E-state index in [0.717, 1.165) is 23.3 Å². The number of fused-ring (bicyclic) bond motifs is 1. The summed E-state index contributed by atoms with van der Waals surface area (Å²) in [6.07, 6.45) is 4.71. The van der Waals surface area contributed by atoms with Gasteiger partial charge in [-0.3, -0.25) is 4.31 Å². The number of nitrogens with zero attached hydrogens (tertiary/aromatic N) is 1. The van der Waals surface area contributed by atoms with Crippen LogP contribution in [0.4, 0.5) is 0 Å². The number of hydrogen-bond donors (Lipinski definition) is 0. The van der Waals surface area contributed by atoms with Gasteiger partial charge < -0.3 is 4.74 Å². The molecule has 25 heavy (non-hydrogen) atoms. The van der Waals surface area contributed by atoms with E-state index in [1.54, 1.807) is 25.4 Å². The molecule has 0 radical (unpaired) electrons. The molecule has 2 atom stereocenters. The topological polar surface area (TPSA) is 46.6 Å². The molecule has 0 saturated heterocycles. The summed E-state index contributed by atoms with van der Waals surface area (Å²) >= 11 is 0. The minimum Gasteiger partial charge on any atom is -0.496 e. The summed E-state index contributed by atoms with van der Waals surface area (Å²) in [5, 5.41) is 0. The van der Waals surface area contributed by atoms with Crippen molar-refractivity contribution in [2.24, 2.45) is 5.92 Å². The molecule has 0 spiro atoms. The fourth-order valence-electron chi connectivity index (χ4n) is 3.75. The molecule has 1 fully saturated rings. The molecule has 0 bridgehead atoms. The third kappa shape index (κ3) is 2.54. The number of methoxy groups -OCH3 is 1. The Morgan fingerprint density at radius 1 is 1.12 bits per heavy atom. The lowest BCUT2D eigenvalue weighted by molar-refractivity contribution is 0.400. The van der Waals surface area contributed by atoms with Gasteiger partial charge in [-0.15, -0.1) is 0 Å². The van der Waals surface area contributed by atoms with Gasteiger partial charge in [-0.05, 0) is 37.5 Å². The largest absolute Gasteiger partial charge is 0.496 e. The van der Waals surface area contributed by atoms with E-state index in [0.29, 0.717) is 11.4 Å². The molecule has 1 aliphatic heterocycles. The van der Waals surface area contributed by atoms with Crippen molar-refractivity contribution >= 4 is 10.0 Å². The van der Waals surface area contributed by atoms with E-state index >= 15 is 0 Å². The van der Waals surface area contributed by atoms with Gasteiger partial charge in [0.15, 0.2) is 0 Å². The summed E-state index contributed by atoms with van der Waals surface area (Å²) < 4.78 is 32.7. The number of para-hydroxylation sites is 1. The Hall–Kier alpha value is -2.27. The quantitative estimate of drug-likeness (QED) is 0.843. The first-order valence-corrected chi connectivity index (χ1v) is 9.83. The fourth-order valence-corrected chi connectivity index (χ4v) is 5.10. The molecule has 0 unspecified atom stereocenters. The molecule has 1 heterocycles. The van der Waals surface area contributed by atoms with Crippen LogP contribution in [0.3, 0.4) is 0 Å². The second kappa shape index (κ2) is 5.63. The van der Waals surface area contributed by atoms with Crippen molar-refractivity contribution in [3.63, 3.8) is 0 Å². The smallest absolute Gasteiger partial charge is 0.263 e. The van der Waals surface area contributed by atoms with Crippen LogP contribution in [-0.2, 0) is 15.4 Å².